The summed E-state index contributed by atoms with van der Waals surface area (Å²) in [6, 6.07) is 11.5. The molecule has 2 aromatic carbocycles. The van der Waals surface area contributed by atoms with Crippen molar-refractivity contribution in [2.75, 3.05) is 40.5 Å². The van der Waals surface area contributed by atoms with Gasteiger partial charge in [-0.2, -0.15) is 0 Å². The molecule has 2 aliphatic carbocycles. The predicted octanol–water partition coefficient (Wildman–Crippen LogP) is 5.51. The fraction of sp³-hybridized carbons (Fsp3) is 0.444. The van der Waals surface area contributed by atoms with Crippen LogP contribution in [0.3, 0.4) is 0 Å². The number of hydrogen-bond acceptors (Lipinski definition) is 10. The molecule has 6 heterocycles. The maximum atomic E-state index is 10.0. The first-order valence-corrected chi connectivity index (χ1v) is 17.2. The lowest BCUT2D eigenvalue weighted by Crippen LogP contribution is -2.48. The molecule has 12 heteroatoms. The van der Waals surface area contributed by atoms with Gasteiger partial charge in [0.25, 0.3) is 0 Å². The van der Waals surface area contributed by atoms with Crippen molar-refractivity contribution in [3.05, 3.63) is 70.2 Å². The van der Waals surface area contributed by atoms with Crippen molar-refractivity contribution < 1.29 is 19.7 Å². The molecule has 6 aliphatic rings. The van der Waals surface area contributed by atoms with Crippen LogP contribution in [-0.4, -0.2) is 91.5 Å². The van der Waals surface area contributed by atoms with E-state index in [1.54, 1.807) is 26.6 Å². The lowest BCUT2D eigenvalue weighted by atomic mass is 9.74. The number of ether oxygens (including phenoxy) is 2. The van der Waals surface area contributed by atoms with E-state index in [-0.39, 0.29) is 24.3 Å². The first-order chi connectivity index (χ1) is 23.3. The third kappa shape index (κ3) is 5.07. The number of nitrogens with zero attached hydrogens (tertiary/aromatic N) is 6. The van der Waals surface area contributed by atoms with Crippen molar-refractivity contribution >= 4 is 23.2 Å². The van der Waals surface area contributed by atoms with Crippen molar-refractivity contribution in [2.24, 2.45) is 11.8 Å². The van der Waals surface area contributed by atoms with Gasteiger partial charge in [0.2, 0.25) is 11.8 Å². The van der Waals surface area contributed by atoms with Crippen LogP contribution in [0.1, 0.15) is 37.1 Å². The highest BCUT2D eigenvalue weighted by atomic mass is 35.5. The zero-order chi connectivity index (χ0) is 33.2. The summed E-state index contributed by atoms with van der Waals surface area (Å²) >= 11 is 14.2. The monoisotopic (exact) mass is 688 g/mol. The molecule has 4 saturated heterocycles. The number of aromatic nitrogens is 4. The summed E-state index contributed by atoms with van der Waals surface area (Å²) in [6.07, 6.45) is 7.56. The minimum absolute atomic E-state index is 0.141. The molecule has 10 nitrogen and oxygen atoms in total. The van der Waals surface area contributed by atoms with Crippen LogP contribution in [0.25, 0.3) is 33.6 Å². The Hall–Kier alpha value is -3.38. The predicted molar refractivity (Wildman–Crippen MR) is 183 cm³/mol. The van der Waals surface area contributed by atoms with Crippen LogP contribution in [0.5, 0.6) is 11.8 Å². The number of hydrogen-bond donors (Lipinski definition) is 2. The zero-order valence-electron chi connectivity index (χ0n) is 27.0. The first kappa shape index (κ1) is 31.9. The van der Waals surface area contributed by atoms with E-state index >= 15 is 0 Å². The summed E-state index contributed by atoms with van der Waals surface area (Å²) in [5.41, 5.74) is 5.25. The van der Waals surface area contributed by atoms with Gasteiger partial charge in [-0.3, -0.25) is 19.8 Å². The molecule has 2 N–H and O–H groups in total. The summed E-state index contributed by atoms with van der Waals surface area (Å²) in [7, 11) is 3.19. The Bertz CT molecular complexity index is 1740. The number of rotatable bonds is 11. The quantitative estimate of drug-likeness (QED) is 0.209. The molecule has 250 valence electrons. The molecule has 0 radical (unpaired) electrons. The normalized spacial score (nSPS) is 26.0. The van der Waals surface area contributed by atoms with Gasteiger partial charge in [0.1, 0.15) is 11.4 Å². The van der Waals surface area contributed by atoms with Gasteiger partial charge in [-0.05, 0) is 37.5 Å². The number of halogens is 2. The van der Waals surface area contributed by atoms with Crippen LogP contribution in [0, 0.1) is 11.8 Å². The summed E-state index contributed by atoms with van der Waals surface area (Å²) in [5.74, 6) is 2.16. The van der Waals surface area contributed by atoms with Gasteiger partial charge < -0.3 is 19.7 Å². The second-order valence-corrected chi connectivity index (χ2v) is 14.6. The van der Waals surface area contributed by atoms with E-state index in [1.165, 1.54) is 0 Å². The Labute approximate surface area is 289 Å². The van der Waals surface area contributed by atoms with Gasteiger partial charge in [0, 0.05) is 59.5 Å². The highest BCUT2D eigenvalue weighted by Crippen LogP contribution is 2.52. The van der Waals surface area contributed by atoms with Gasteiger partial charge in [-0.25, -0.2) is 9.97 Å². The molecule has 4 aliphatic heterocycles. The Balaban J connectivity index is 1.07. The lowest BCUT2D eigenvalue weighted by Gasteiger charge is -2.40. The van der Waals surface area contributed by atoms with Gasteiger partial charge in [0.05, 0.1) is 61.3 Å². The minimum Gasteiger partial charge on any atom is -0.480 e. The fourth-order valence-corrected chi connectivity index (χ4v) is 9.22. The van der Waals surface area contributed by atoms with Crippen LogP contribution >= 0.6 is 23.2 Å². The lowest BCUT2D eigenvalue weighted by molar-refractivity contribution is 0.0324. The number of methoxy groups -OCH3 is 2. The summed E-state index contributed by atoms with van der Waals surface area (Å²) < 4.78 is 11.4. The summed E-state index contributed by atoms with van der Waals surface area (Å²) in [6.45, 7) is 3.35. The van der Waals surface area contributed by atoms with E-state index < -0.39 is 0 Å². The van der Waals surface area contributed by atoms with Gasteiger partial charge in [-0.15, -0.1) is 0 Å². The molecule has 2 saturated carbocycles. The van der Waals surface area contributed by atoms with E-state index in [2.05, 4.69) is 9.80 Å². The average molecular weight is 690 g/mol. The van der Waals surface area contributed by atoms with Crippen LogP contribution < -0.4 is 9.47 Å². The van der Waals surface area contributed by atoms with Gasteiger partial charge in [0.15, 0.2) is 0 Å². The van der Waals surface area contributed by atoms with E-state index in [4.69, 9.17) is 52.6 Å². The minimum atomic E-state index is -0.141. The number of aliphatic hydroxyl groups is 2. The standard InChI is InChI=1S/C36H38Cl2N6O4/c1-47-33-29(17-43-15-21-9-35(43,10-21)19-45)39-13-27(41-33)25-7-3-5-23(31(25)37)24-6-4-8-26(32(24)38)28-14-40-30(34(42-28)48-2)18-44-16-22-11-36(44,12-22)20-46/h3-8,13-14,21-22,45-46H,9-12,15-20H2,1-2H3. The smallest absolute Gasteiger partial charge is 0.237 e. The molecule has 6 fully saturated rings. The second-order valence-electron chi connectivity index (χ2n) is 13.8. The van der Waals surface area contributed by atoms with E-state index in [9.17, 15) is 10.2 Å². The molecular weight excluding hydrogens is 651 g/mol. The Morgan fingerprint density at radius 1 is 0.688 bits per heavy atom. The third-order valence-corrected chi connectivity index (χ3v) is 11.9. The number of benzene rings is 2. The van der Waals surface area contributed by atoms with Crippen molar-refractivity contribution in [3.63, 3.8) is 0 Å². The molecule has 48 heavy (non-hydrogen) atoms. The molecule has 0 amide bonds. The topological polar surface area (TPSA) is 117 Å². The molecule has 2 aromatic heterocycles. The maximum Gasteiger partial charge on any atom is 0.237 e. The van der Waals surface area contributed by atoms with Crippen LogP contribution in [0.4, 0.5) is 0 Å². The van der Waals surface area contributed by atoms with E-state index in [0.717, 1.165) is 61.3 Å². The summed E-state index contributed by atoms with van der Waals surface area (Å²) in [4.78, 5) is 23.8. The van der Waals surface area contributed by atoms with Crippen molar-refractivity contribution in [2.45, 2.75) is 49.9 Å². The highest BCUT2D eigenvalue weighted by molar-refractivity contribution is 6.39. The SMILES string of the molecule is COc1nc(-c2cccc(-c3cccc(-c4cnc(CN5CC6CC5(CO)C6)c(OC)n4)c3Cl)c2Cl)cnc1CN1CC2CC1(CO)C2. The van der Waals surface area contributed by atoms with Gasteiger partial charge in [-0.1, -0.05) is 59.6 Å². The fourth-order valence-electron chi connectivity index (χ4n) is 8.57. The Kier molecular flexibility index (Phi) is 8.09. The second kappa shape index (κ2) is 12.2. The van der Waals surface area contributed by atoms with Gasteiger partial charge >= 0.3 is 0 Å². The molecule has 0 atom stereocenters. The molecule has 0 unspecified atom stereocenters. The molecule has 4 aromatic rings. The van der Waals surface area contributed by atoms with Crippen LogP contribution in [-0.2, 0) is 13.1 Å². The highest BCUT2D eigenvalue weighted by Gasteiger charge is 2.56. The largest absolute Gasteiger partial charge is 0.480 e. The Morgan fingerprint density at radius 3 is 1.46 bits per heavy atom. The van der Waals surface area contributed by atoms with E-state index in [1.807, 2.05) is 36.4 Å². The maximum absolute atomic E-state index is 10.0. The first-order valence-electron chi connectivity index (χ1n) is 16.4. The summed E-state index contributed by atoms with van der Waals surface area (Å²) in [5, 5.41) is 21.0. The Morgan fingerprint density at radius 2 is 1.08 bits per heavy atom. The van der Waals surface area contributed by atoms with Crippen molar-refractivity contribution in [1.29, 1.82) is 0 Å². The van der Waals surface area contributed by atoms with Crippen molar-refractivity contribution in [1.82, 2.24) is 29.7 Å². The van der Waals surface area contributed by atoms with E-state index in [0.29, 0.717) is 69.2 Å². The third-order valence-electron chi connectivity index (χ3n) is 11.1. The molecule has 10 rings (SSSR count). The van der Waals surface area contributed by atoms with Crippen LogP contribution in [0.15, 0.2) is 48.8 Å². The zero-order valence-corrected chi connectivity index (χ0v) is 28.5. The molecule has 0 spiro atoms. The number of fused-ring (bicyclic) bond motifs is 2. The number of aliphatic hydroxyl groups excluding tert-OH is 2. The molecule has 4 bridgehead atoms. The van der Waals surface area contributed by atoms with Crippen molar-refractivity contribution in [3.8, 4) is 45.4 Å². The molecular formula is C36H38Cl2N6O4. The van der Waals surface area contributed by atoms with Crippen LogP contribution in [0.2, 0.25) is 10.0 Å². The average Bonchev–Trinajstić information content (AvgIpc) is 3.82.